The Morgan fingerprint density at radius 1 is 1.31 bits per heavy atom. The van der Waals surface area contributed by atoms with Crippen molar-refractivity contribution in [3.63, 3.8) is 0 Å². The Bertz CT molecular complexity index is 264. The summed E-state index contributed by atoms with van der Waals surface area (Å²) in [6.07, 6.45) is 0. The van der Waals surface area contributed by atoms with Crippen molar-refractivity contribution in [3.8, 4) is 0 Å². The van der Waals surface area contributed by atoms with E-state index in [1.807, 2.05) is 30.3 Å². The maximum Gasteiger partial charge on any atom is 0.156 e. The Labute approximate surface area is 85.5 Å². The molecule has 1 aromatic carbocycles. The predicted octanol–water partition coefficient (Wildman–Crippen LogP) is 2.11. The smallest absolute Gasteiger partial charge is 0.156 e. The average molecular weight is 219 g/mol. The molecular formula is C9H11ClO2S. The van der Waals surface area contributed by atoms with Gasteiger partial charge in [0.05, 0.1) is 12.4 Å². The van der Waals surface area contributed by atoms with Crippen molar-refractivity contribution in [2.24, 2.45) is 0 Å². The molecule has 0 heterocycles. The van der Waals surface area contributed by atoms with Crippen molar-refractivity contribution in [3.05, 3.63) is 35.9 Å². The quantitative estimate of drug-likeness (QED) is 0.708. The van der Waals surface area contributed by atoms with Crippen molar-refractivity contribution in [1.29, 1.82) is 0 Å². The van der Waals surface area contributed by atoms with Crippen molar-refractivity contribution in [2.45, 2.75) is 6.61 Å². The molecule has 2 nitrogen and oxygen atoms in total. The van der Waals surface area contributed by atoms with Crippen LogP contribution in [-0.2, 0) is 21.9 Å². The third-order valence-electron chi connectivity index (χ3n) is 1.44. The maximum atomic E-state index is 11.0. The molecule has 0 radical (unpaired) electrons. The van der Waals surface area contributed by atoms with Gasteiger partial charge in [-0.25, -0.2) is 4.21 Å². The molecule has 0 aliphatic carbocycles. The summed E-state index contributed by atoms with van der Waals surface area (Å²) in [4.78, 5) is 0. The van der Waals surface area contributed by atoms with Gasteiger partial charge in [0.15, 0.2) is 11.1 Å². The van der Waals surface area contributed by atoms with E-state index in [-0.39, 0.29) is 0 Å². The molecule has 0 aromatic heterocycles. The second-order valence-corrected chi connectivity index (χ2v) is 4.07. The lowest BCUT2D eigenvalue weighted by molar-refractivity contribution is 0.338. The molecule has 0 fully saturated rings. The fourth-order valence-corrected chi connectivity index (χ4v) is 1.72. The van der Waals surface area contributed by atoms with Gasteiger partial charge in [0.1, 0.15) is 0 Å². The fraction of sp³-hybridized carbons (Fsp3) is 0.333. The standard InChI is InChI=1S/C9H11ClO2S/c10-6-7-13(11)12-8-9-4-2-1-3-5-9/h1-5H,6-8H2. The molecule has 4 heteroatoms. The zero-order chi connectivity index (χ0) is 9.52. The van der Waals surface area contributed by atoms with Crippen LogP contribution in [0.4, 0.5) is 0 Å². The van der Waals surface area contributed by atoms with Crippen LogP contribution in [0, 0.1) is 0 Å². The third kappa shape index (κ3) is 4.41. The van der Waals surface area contributed by atoms with E-state index in [0.29, 0.717) is 18.2 Å². The van der Waals surface area contributed by atoms with E-state index in [9.17, 15) is 4.21 Å². The molecule has 1 atom stereocenters. The molecule has 72 valence electrons. The summed E-state index contributed by atoms with van der Waals surface area (Å²) in [6.45, 7) is 0.379. The first kappa shape index (κ1) is 10.7. The first-order chi connectivity index (χ1) is 6.33. The van der Waals surface area contributed by atoms with Crippen molar-refractivity contribution in [2.75, 3.05) is 11.6 Å². The highest BCUT2D eigenvalue weighted by Gasteiger charge is 1.98. The van der Waals surface area contributed by atoms with Crippen LogP contribution >= 0.6 is 11.6 Å². The average Bonchev–Trinajstić information content (AvgIpc) is 2.17. The van der Waals surface area contributed by atoms with Gasteiger partial charge >= 0.3 is 0 Å². The Hall–Kier alpha value is -0.380. The van der Waals surface area contributed by atoms with Gasteiger partial charge in [0.25, 0.3) is 0 Å². The molecule has 0 N–H and O–H groups in total. The second-order valence-electron chi connectivity index (χ2n) is 2.44. The normalized spacial score (nSPS) is 12.7. The number of benzene rings is 1. The zero-order valence-electron chi connectivity index (χ0n) is 7.11. The van der Waals surface area contributed by atoms with E-state index in [2.05, 4.69) is 0 Å². The summed E-state index contributed by atoms with van der Waals surface area (Å²) in [6, 6.07) is 9.63. The first-order valence-electron chi connectivity index (χ1n) is 3.94. The second kappa shape index (κ2) is 6.13. The minimum absolute atomic E-state index is 0.363. The van der Waals surface area contributed by atoms with Gasteiger partial charge in [0, 0.05) is 5.88 Å². The SMILES string of the molecule is O=S(CCCl)OCc1ccccc1. The monoisotopic (exact) mass is 218 g/mol. The van der Waals surface area contributed by atoms with E-state index < -0.39 is 11.1 Å². The van der Waals surface area contributed by atoms with Gasteiger partial charge in [-0.15, -0.1) is 11.6 Å². The predicted molar refractivity (Wildman–Crippen MR) is 55.0 cm³/mol. The maximum absolute atomic E-state index is 11.0. The Balaban J connectivity index is 2.31. The van der Waals surface area contributed by atoms with Gasteiger partial charge in [-0.05, 0) is 5.56 Å². The lowest BCUT2D eigenvalue weighted by atomic mass is 10.2. The van der Waals surface area contributed by atoms with E-state index in [1.165, 1.54) is 0 Å². The van der Waals surface area contributed by atoms with Crippen LogP contribution in [0.15, 0.2) is 30.3 Å². The van der Waals surface area contributed by atoms with E-state index in [0.717, 1.165) is 5.56 Å². The number of halogens is 1. The molecule has 0 saturated heterocycles. The Morgan fingerprint density at radius 3 is 2.62 bits per heavy atom. The minimum atomic E-state index is -1.25. The number of hydrogen-bond donors (Lipinski definition) is 0. The van der Waals surface area contributed by atoms with Gasteiger partial charge < -0.3 is 0 Å². The molecule has 1 aromatic rings. The molecular weight excluding hydrogens is 208 g/mol. The van der Waals surface area contributed by atoms with Crippen LogP contribution in [-0.4, -0.2) is 15.8 Å². The molecule has 0 saturated carbocycles. The molecule has 0 aliphatic heterocycles. The largest absolute Gasteiger partial charge is 0.286 e. The summed E-state index contributed by atoms with van der Waals surface area (Å²) in [5.41, 5.74) is 1.02. The van der Waals surface area contributed by atoms with Crippen molar-refractivity contribution >= 4 is 22.7 Å². The highest BCUT2D eigenvalue weighted by atomic mass is 35.5. The van der Waals surface area contributed by atoms with Crippen LogP contribution < -0.4 is 0 Å². The van der Waals surface area contributed by atoms with Gasteiger partial charge in [0.2, 0.25) is 0 Å². The first-order valence-corrected chi connectivity index (χ1v) is 5.72. The van der Waals surface area contributed by atoms with Crippen LogP contribution in [0.3, 0.4) is 0 Å². The molecule has 1 unspecified atom stereocenters. The molecule has 0 spiro atoms. The fourth-order valence-electron chi connectivity index (χ4n) is 0.830. The van der Waals surface area contributed by atoms with Crippen molar-refractivity contribution in [1.82, 2.24) is 0 Å². The van der Waals surface area contributed by atoms with Crippen LogP contribution in [0.25, 0.3) is 0 Å². The molecule has 0 amide bonds. The van der Waals surface area contributed by atoms with Gasteiger partial charge in [-0.3, -0.25) is 4.18 Å². The third-order valence-corrected chi connectivity index (χ3v) is 2.77. The van der Waals surface area contributed by atoms with E-state index >= 15 is 0 Å². The Morgan fingerprint density at radius 2 is 2.00 bits per heavy atom. The molecule has 13 heavy (non-hydrogen) atoms. The summed E-state index contributed by atoms with van der Waals surface area (Å²) >= 11 is 4.15. The van der Waals surface area contributed by atoms with E-state index in [4.69, 9.17) is 15.8 Å². The number of rotatable bonds is 5. The highest BCUT2D eigenvalue weighted by molar-refractivity contribution is 7.80. The summed E-state index contributed by atoms with van der Waals surface area (Å²) < 4.78 is 16.1. The van der Waals surface area contributed by atoms with Crippen LogP contribution in [0.5, 0.6) is 0 Å². The zero-order valence-corrected chi connectivity index (χ0v) is 8.68. The van der Waals surface area contributed by atoms with Gasteiger partial charge in [-0.2, -0.15) is 0 Å². The molecule has 0 aliphatic rings. The number of alkyl halides is 1. The van der Waals surface area contributed by atoms with Gasteiger partial charge in [-0.1, -0.05) is 30.3 Å². The van der Waals surface area contributed by atoms with Crippen LogP contribution in [0.1, 0.15) is 5.56 Å². The summed E-state index contributed by atoms with van der Waals surface area (Å²) in [7, 11) is 0. The lowest BCUT2D eigenvalue weighted by Gasteiger charge is -2.01. The Kier molecular flexibility index (Phi) is 5.05. The molecule has 1 rings (SSSR count). The summed E-state index contributed by atoms with van der Waals surface area (Å²) in [5, 5.41) is 0. The molecule has 0 bridgehead atoms. The number of hydrogen-bond acceptors (Lipinski definition) is 2. The highest BCUT2D eigenvalue weighted by Crippen LogP contribution is 2.02. The topological polar surface area (TPSA) is 26.3 Å². The minimum Gasteiger partial charge on any atom is -0.286 e. The summed E-state index contributed by atoms with van der Waals surface area (Å²) in [5.74, 6) is 0.746. The van der Waals surface area contributed by atoms with Crippen molar-refractivity contribution < 1.29 is 8.39 Å². The van der Waals surface area contributed by atoms with E-state index in [1.54, 1.807) is 0 Å². The van der Waals surface area contributed by atoms with Crippen LogP contribution in [0.2, 0.25) is 0 Å². The lowest BCUT2D eigenvalue weighted by Crippen LogP contribution is -2.03.